The van der Waals surface area contributed by atoms with Crippen LogP contribution in [0.5, 0.6) is 0 Å². The third-order valence-electron chi connectivity index (χ3n) is 9.98. The number of cyclic esters (lactones) is 2. The third-order valence-corrected chi connectivity index (χ3v) is 9.98. The predicted octanol–water partition coefficient (Wildman–Crippen LogP) is 6.99. The molecule has 0 spiro atoms. The molecular formula is C35H36N6O5. The molecule has 7 heterocycles. The minimum Gasteiger partial charge on any atom is -0.469 e. The normalized spacial score (nSPS) is 21.2. The van der Waals surface area contributed by atoms with Gasteiger partial charge in [0.15, 0.2) is 0 Å². The molecule has 11 heteroatoms. The van der Waals surface area contributed by atoms with Gasteiger partial charge in [-0.1, -0.05) is 13.8 Å². The van der Waals surface area contributed by atoms with Gasteiger partial charge in [0.25, 0.3) is 0 Å². The van der Waals surface area contributed by atoms with Crippen molar-refractivity contribution in [2.45, 2.75) is 78.2 Å². The van der Waals surface area contributed by atoms with Crippen LogP contribution in [-0.4, -0.2) is 57.5 Å². The van der Waals surface area contributed by atoms with E-state index >= 15 is 0 Å². The highest BCUT2D eigenvalue weighted by Crippen LogP contribution is 2.45. The van der Waals surface area contributed by atoms with Crippen molar-refractivity contribution < 1.29 is 23.9 Å². The molecule has 0 radical (unpaired) electrons. The van der Waals surface area contributed by atoms with Crippen molar-refractivity contribution >= 4 is 51.2 Å². The summed E-state index contributed by atoms with van der Waals surface area (Å²) in [4.78, 5) is 56.1. The average molecular weight is 621 g/mol. The van der Waals surface area contributed by atoms with Crippen molar-refractivity contribution in [3.05, 3.63) is 69.1 Å². The molecule has 0 aliphatic carbocycles. The second kappa shape index (κ2) is 11.1. The predicted molar refractivity (Wildman–Crippen MR) is 173 cm³/mol. The summed E-state index contributed by atoms with van der Waals surface area (Å²) >= 11 is 0. The Hall–Kier alpha value is -4.93. The Balaban J connectivity index is 1.61. The number of hydrogen-bond acceptors (Lipinski definition) is 9. The van der Waals surface area contributed by atoms with Crippen LogP contribution in [-0.2, 0) is 14.3 Å². The highest BCUT2D eigenvalue weighted by molar-refractivity contribution is 6.18. The molecule has 2 aromatic heterocycles. The van der Waals surface area contributed by atoms with Gasteiger partial charge < -0.3 is 19.4 Å². The van der Waals surface area contributed by atoms with E-state index in [0.29, 0.717) is 40.8 Å². The topological polar surface area (TPSA) is 152 Å². The van der Waals surface area contributed by atoms with Crippen LogP contribution in [0.25, 0.3) is 33.3 Å². The van der Waals surface area contributed by atoms with Gasteiger partial charge in [0, 0.05) is 40.7 Å². The summed E-state index contributed by atoms with van der Waals surface area (Å²) in [6.07, 6.45) is 2.15. The fraction of sp³-hybridized carbons (Fsp3) is 0.400. The first-order valence-electron chi connectivity index (χ1n) is 15.8. The van der Waals surface area contributed by atoms with Gasteiger partial charge in [0.05, 0.1) is 53.6 Å². The Morgan fingerprint density at radius 1 is 0.978 bits per heavy atom. The molecule has 5 aliphatic heterocycles. The number of esters is 3. The summed E-state index contributed by atoms with van der Waals surface area (Å²) in [5.41, 5.74) is 11.2. The van der Waals surface area contributed by atoms with Crippen molar-refractivity contribution in [3.8, 4) is 0 Å². The number of carbonyl (C=O) groups excluding carboxylic acids is 3. The Morgan fingerprint density at radius 3 is 2.43 bits per heavy atom. The van der Waals surface area contributed by atoms with E-state index in [1.54, 1.807) is 0 Å². The lowest BCUT2D eigenvalue weighted by molar-refractivity contribution is -0.140. The lowest BCUT2D eigenvalue weighted by atomic mass is 9.85. The maximum absolute atomic E-state index is 13.6. The van der Waals surface area contributed by atoms with Gasteiger partial charge in [0.2, 0.25) is 0 Å². The first-order chi connectivity index (χ1) is 22.1. The van der Waals surface area contributed by atoms with Crippen molar-refractivity contribution in [2.75, 3.05) is 13.7 Å². The minimum atomic E-state index is -0.738. The Morgan fingerprint density at radius 2 is 1.72 bits per heavy atom. The standard InChI is InChI=1S/C35H36N6O5/c1-7-19-15(2)22-14-27-29(21-10-11-36-41-21)17(4)24(38-27)12-23-16(3)20(8-9-28(42)45-6)32(39-23)31-33-30(34(43)46-35(31)44)18(5)25(40-33)13-26(19)37-22/h12-14,16,20-21,39-40H,7-11H2,1-6H3/t16-,20-,21?/m0/s1. The molecule has 0 saturated heterocycles. The van der Waals surface area contributed by atoms with E-state index in [4.69, 9.17) is 19.4 Å². The highest BCUT2D eigenvalue weighted by Gasteiger charge is 2.38. The van der Waals surface area contributed by atoms with Crippen LogP contribution in [0.15, 0.2) is 28.4 Å². The number of H-pyrrole nitrogens is 2. The van der Waals surface area contributed by atoms with Crippen LogP contribution in [0, 0.1) is 6.92 Å². The molecule has 0 amide bonds. The molecule has 2 N–H and O–H groups in total. The maximum atomic E-state index is 13.6. The number of aryl methyl sites for hydroxylation is 1. The van der Waals surface area contributed by atoms with Crippen LogP contribution in [0.3, 0.4) is 0 Å². The minimum absolute atomic E-state index is 0.0907. The van der Waals surface area contributed by atoms with Crippen LogP contribution in [0.1, 0.15) is 126 Å². The van der Waals surface area contributed by atoms with Gasteiger partial charge in [-0.2, -0.15) is 10.2 Å². The number of rotatable bonds is 5. The van der Waals surface area contributed by atoms with Gasteiger partial charge in [-0.05, 0) is 80.5 Å². The third kappa shape index (κ3) is 4.59. The van der Waals surface area contributed by atoms with Gasteiger partial charge in [-0.25, -0.2) is 19.6 Å². The number of allylic oxidation sites excluding steroid dienone is 3. The molecule has 0 aromatic carbocycles. The molecule has 46 heavy (non-hydrogen) atoms. The maximum Gasteiger partial charge on any atom is 0.349 e. The summed E-state index contributed by atoms with van der Waals surface area (Å²) in [7, 11) is 1.36. The van der Waals surface area contributed by atoms with Crippen molar-refractivity contribution in [1.82, 2.24) is 19.9 Å². The summed E-state index contributed by atoms with van der Waals surface area (Å²) < 4.78 is 10.3. The van der Waals surface area contributed by atoms with Crippen molar-refractivity contribution in [2.24, 2.45) is 10.2 Å². The number of methoxy groups -OCH3 is 1. The first kappa shape index (κ1) is 29.8. The fourth-order valence-corrected chi connectivity index (χ4v) is 7.37. The molecule has 0 fully saturated rings. The van der Waals surface area contributed by atoms with E-state index in [1.165, 1.54) is 7.11 Å². The summed E-state index contributed by atoms with van der Waals surface area (Å²) in [6.45, 7) is 10.8. The van der Waals surface area contributed by atoms with E-state index in [1.807, 2.05) is 25.1 Å². The number of aromatic nitrogens is 4. The van der Waals surface area contributed by atoms with Gasteiger partial charge in [0.1, 0.15) is 5.56 Å². The van der Waals surface area contributed by atoms with E-state index in [2.05, 4.69) is 47.9 Å². The number of ether oxygens (including phenoxy) is 2. The van der Waals surface area contributed by atoms with Crippen molar-refractivity contribution in [3.63, 3.8) is 0 Å². The van der Waals surface area contributed by atoms with Gasteiger partial charge >= 0.3 is 17.9 Å². The quantitative estimate of drug-likeness (QED) is 0.270. The summed E-state index contributed by atoms with van der Waals surface area (Å²) in [5, 5.41) is 8.84. The zero-order valence-electron chi connectivity index (χ0n) is 26.8. The molecule has 7 rings (SSSR count). The zero-order chi connectivity index (χ0) is 32.4. The van der Waals surface area contributed by atoms with E-state index < -0.39 is 11.9 Å². The number of nitrogens with one attached hydrogen (secondary N) is 2. The van der Waals surface area contributed by atoms with Crippen LogP contribution >= 0.6 is 0 Å². The van der Waals surface area contributed by atoms with Crippen LogP contribution < -0.4 is 0 Å². The first-order valence-corrected chi connectivity index (χ1v) is 15.8. The molecule has 8 bridgehead atoms. The molecule has 5 aliphatic rings. The highest BCUT2D eigenvalue weighted by atomic mass is 16.6. The molecule has 11 nitrogen and oxygen atoms in total. The van der Waals surface area contributed by atoms with E-state index in [0.717, 1.165) is 63.6 Å². The Labute approximate surface area is 265 Å². The second-order valence-electron chi connectivity index (χ2n) is 12.4. The number of nitrogens with zero attached hydrogens (tertiary/aromatic N) is 4. The number of fused-ring (bicyclic) bond motifs is 8. The van der Waals surface area contributed by atoms with Gasteiger partial charge in [-0.3, -0.25) is 4.79 Å². The lowest BCUT2D eigenvalue weighted by Gasteiger charge is -2.19. The van der Waals surface area contributed by atoms with E-state index in [-0.39, 0.29) is 35.8 Å². The SMILES string of the molecule is CCC1=C(C)c2cc3nc(cc4[nH]c(c5c6[nH]c(cc1n2)c(C)c6C(=O)OC5=O)[C@@H](CCC(=O)OC)[C@@H]4C)C(C)=C3C1CCN=N1. The van der Waals surface area contributed by atoms with Crippen LogP contribution in [0.2, 0.25) is 0 Å². The average Bonchev–Trinajstić information content (AvgIpc) is 3.83. The van der Waals surface area contributed by atoms with Gasteiger partial charge in [-0.15, -0.1) is 0 Å². The molecule has 1 unspecified atom stereocenters. The Bertz CT molecular complexity index is 2030. The molecular weight excluding hydrogens is 584 g/mol. The smallest absolute Gasteiger partial charge is 0.349 e. The second-order valence-corrected chi connectivity index (χ2v) is 12.4. The van der Waals surface area contributed by atoms with Crippen LogP contribution in [0.4, 0.5) is 0 Å². The van der Waals surface area contributed by atoms with E-state index in [9.17, 15) is 14.4 Å². The number of aromatic amines is 2. The Kier molecular flexibility index (Phi) is 7.21. The lowest BCUT2D eigenvalue weighted by Crippen LogP contribution is -2.21. The molecule has 2 aromatic rings. The number of azo groups is 1. The molecule has 3 atom stereocenters. The zero-order valence-corrected chi connectivity index (χ0v) is 26.8. The number of hydrogen-bond donors (Lipinski definition) is 2. The largest absolute Gasteiger partial charge is 0.469 e. The fourth-order valence-electron chi connectivity index (χ4n) is 7.37. The summed E-state index contributed by atoms with van der Waals surface area (Å²) in [6, 6.07) is 5.92. The summed E-state index contributed by atoms with van der Waals surface area (Å²) in [5.74, 6) is -2.16. The molecule has 236 valence electrons. The van der Waals surface area contributed by atoms with Crippen molar-refractivity contribution in [1.29, 1.82) is 0 Å². The number of carbonyl (C=O) groups is 3. The molecule has 0 saturated carbocycles. The monoisotopic (exact) mass is 620 g/mol.